The van der Waals surface area contributed by atoms with E-state index in [1.807, 2.05) is 24.3 Å². The molecule has 0 bridgehead atoms. The van der Waals surface area contributed by atoms with E-state index < -0.39 is 0 Å². The standard InChI is InChI=1S/C44H36N2O2/c1-47-43-31-41(45(37-19-11-5-12-20-37)38-21-13-6-14-22-38)42(32-44(43)48-2)46(39-27-23-35(24-28-39)33-15-7-3-8-16-33)40-29-25-36(26-30-40)34-17-9-4-10-18-34/h3-32H,1-2H3. The van der Waals surface area contributed by atoms with E-state index in [2.05, 4.69) is 168 Å². The molecule has 0 aliphatic rings. The second kappa shape index (κ2) is 14.0. The average molecular weight is 625 g/mol. The molecule has 0 saturated carbocycles. The van der Waals surface area contributed by atoms with Crippen LogP contribution in [0.25, 0.3) is 22.3 Å². The van der Waals surface area contributed by atoms with Crippen LogP contribution in [0.1, 0.15) is 0 Å². The van der Waals surface area contributed by atoms with Crippen LogP contribution < -0.4 is 19.3 Å². The molecule has 0 aliphatic heterocycles. The van der Waals surface area contributed by atoms with E-state index in [0.717, 1.165) is 45.3 Å². The number of para-hydroxylation sites is 2. The van der Waals surface area contributed by atoms with Crippen LogP contribution in [0.3, 0.4) is 0 Å². The number of anilines is 6. The Morgan fingerprint density at radius 1 is 0.312 bits per heavy atom. The molecule has 0 radical (unpaired) electrons. The highest BCUT2D eigenvalue weighted by Crippen LogP contribution is 2.50. The summed E-state index contributed by atoms with van der Waals surface area (Å²) in [6, 6.07) is 63.4. The minimum atomic E-state index is 0.643. The lowest BCUT2D eigenvalue weighted by Gasteiger charge is -2.34. The summed E-state index contributed by atoms with van der Waals surface area (Å²) >= 11 is 0. The molecule has 7 rings (SSSR count). The zero-order valence-corrected chi connectivity index (χ0v) is 27.0. The largest absolute Gasteiger partial charge is 0.493 e. The number of nitrogens with zero attached hydrogens (tertiary/aromatic N) is 2. The van der Waals surface area contributed by atoms with Crippen molar-refractivity contribution in [3.05, 3.63) is 182 Å². The van der Waals surface area contributed by atoms with Crippen molar-refractivity contribution in [3.8, 4) is 33.8 Å². The Labute approximate surface area is 282 Å². The van der Waals surface area contributed by atoms with Crippen LogP contribution in [-0.2, 0) is 0 Å². The number of hydrogen-bond donors (Lipinski definition) is 0. The van der Waals surface area contributed by atoms with Crippen molar-refractivity contribution in [2.75, 3.05) is 24.0 Å². The maximum absolute atomic E-state index is 5.93. The molecule has 0 fully saturated rings. The summed E-state index contributed by atoms with van der Waals surface area (Å²) in [6.07, 6.45) is 0. The van der Waals surface area contributed by atoms with Crippen molar-refractivity contribution in [3.63, 3.8) is 0 Å². The Hall–Kier alpha value is -6.26. The first-order chi connectivity index (χ1) is 23.7. The first-order valence-corrected chi connectivity index (χ1v) is 16.0. The van der Waals surface area contributed by atoms with E-state index in [0.29, 0.717) is 11.5 Å². The summed E-state index contributed by atoms with van der Waals surface area (Å²) in [4.78, 5) is 4.56. The quantitative estimate of drug-likeness (QED) is 0.151. The summed E-state index contributed by atoms with van der Waals surface area (Å²) in [6.45, 7) is 0. The Bertz CT molecular complexity index is 1940. The highest BCUT2D eigenvalue weighted by atomic mass is 16.5. The first-order valence-electron chi connectivity index (χ1n) is 16.0. The Morgan fingerprint density at radius 3 is 0.896 bits per heavy atom. The maximum Gasteiger partial charge on any atom is 0.162 e. The molecule has 234 valence electrons. The molecule has 48 heavy (non-hydrogen) atoms. The van der Waals surface area contributed by atoms with E-state index in [-0.39, 0.29) is 0 Å². The van der Waals surface area contributed by atoms with Gasteiger partial charge in [-0.15, -0.1) is 0 Å². The molecule has 7 aromatic rings. The first kappa shape index (κ1) is 30.4. The third-order valence-electron chi connectivity index (χ3n) is 8.46. The van der Waals surface area contributed by atoms with E-state index in [9.17, 15) is 0 Å². The molecule has 0 atom stereocenters. The zero-order chi connectivity index (χ0) is 32.7. The zero-order valence-electron chi connectivity index (χ0n) is 27.0. The normalized spacial score (nSPS) is 10.7. The van der Waals surface area contributed by atoms with Crippen LogP contribution >= 0.6 is 0 Å². The molecule has 0 aliphatic carbocycles. The fraction of sp³-hybridized carbons (Fsp3) is 0.0455. The Morgan fingerprint density at radius 2 is 0.583 bits per heavy atom. The van der Waals surface area contributed by atoms with E-state index in [1.54, 1.807) is 14.2 Å². The molecule has 0 aromatic heterocycles. The minimum absolute atomic E-state index is 0.643. The lowest BCUT2D eigenvalue weighted by Crippen LogP contribution is -2.17. The predicted molar refractivity (Wildman–Crippen MR) is 200 cm³/mol. The van der Waals surface area contributed by atoms with Gasteiger partial charge < -0.3 is 19.3 Å². The molecule has 4 nitrogen and oxygen atoms in total. The number of hydrogen-bond acceptors (Lipinski definition) is 4. The molecule has 0 N–H and O–H groups in total. The molecule has 0 saturated heterocycles. The average Bonchev–Trinajstić information content (AvgIpc) is 3.17. The molecule has 0 unspecified atom stereocenters. The predicted octanol–water partition coefficient (Wildman–Crippen LogP) is 12.0. The van der Waals surface area contributed by atoms with Crippen LogP contribution in [-0.4, -0.2) is 14.2 Å². The summed E-state index contributed by atoms with van der Waals surface area (Å²) in [5.74, 6) is 1.29. The van der Waals surface area contributed by atoms with Gasteiger partial charge in [-0.05, 0) is 70.8 Å². The number of benzene rings is 7. The molecular formula is C44H36N2O2. The maximum atomic E-state index is 5.93. The van der Waals surface area contributed by atoms with Gasteiger partial charge in [-0.1, -0.05) is 121 Å². The number of rotatable bonds is 10. The number of methoxy groups -OCH3 is 2. The topological polar surface area (TPSA) is 24.9 Å². The van der Waals surface area contributed by atoms with E-state index in [4.69, 9.17) is 9.47 Å². The number of ether oxygens (including phenoxy) is 2. The van der Waals surface area contributed by atoms with Crippen LogP contribution in [0.15, 0.2) is 182 Å². The van der Waals surface area contributed by atoms with Crippen LogP contribution in [0.2, 0.25) is 0 Å². The smallest absolute Gasteiger partial charge is 0.162 e. The molecule has 7 aromatic carbocycles. The van der Waals surface area contributed by atoms with Gasteiger partial charge in [0.15, 0.2) is 11.5 Å². The highest BCUT2D eigenvalue weighted by Gasteiger charge is 2.25. The van der Waals surface area contributed by atoms with E-state index >= 15 is 0 Å². The van der Waals surface area contributed by atoms with Crippen molar-refractivity contribution in [2.24, 2.45) is 0 Å². The lowest BCUT2D eigenvalue weighted by molar-refractivity contribution is 0.355. The van der Waals surface area contributed by atoms with Crippen molar-refractivity contribution in [1.82, 2.24) is 0 Å². The highest BCUT2D eigenvalue weighted by molar-refractivity contribution is 5.93. The molecule has 4 heteroatoms. The van der Waals surface area contributed by atoms with Crippen molar-refractivity contribution in [2.45, 2.75) is 0 Å². The van der Waals surface area contributed by atoms with Crippen LogP contribution in [0.5, 0.6) is 11.5 Å². The second-order valence-electron chi connectivity index (χ2n) is 11.4. The molecule has 0 heterocycles. The van der Waals surface area contributed by atoms with Gasteiger partial charge in [-0.3, -0.25) is 0 Å². The summed E-state index contributed by atoms with van der Waals surface area (Å²) in [5.41, 5.74) is 10.6. The minimum Gasteiger partial charge on any atom is -0.493 e. The van der Waals surface area contributed by atoms with Gasteiger partial charge in [-0.25, -0.2) is 0 Å². The third-order valence-corrected chi connectivity index (χ3v) is 8.46. The third kappa shape index (κ3) is 6.24. The van der Waals surface area contributed by atoms with Crippen LogP contribution in [0, 0.1) is 0 Å². The van der Waals surface area contributed by atoms with Gasteiger partial charge in [0.2, 0.25) is 0 Å². The van der Waals surface area contributed by atoms with Crippen molar-refractivity contribution < 1.29 is 9.47 Å². The van der Waals surface area contributed by atoms with Crippen LogP contribution in [0.4, 0.5) is 34.1 Å². The van der Waals surface area contributed by atoms with Gasteiger partial charge in [0.1, 0.15) is 0 Å². The van der Waals surface area contributed by atoms with Gasteiger partial charge in [0.05, 0.1) is 25.6 Å². The molecule has 0 spiro atoms. The Kier molecular flexibility index (Phi) is 8.88. The SMILES string of the molecule is COc1cc(N(c2ccccc2)c2ccccc2)c(N(c2ccc(-c3ccccc3)cc2)c2ccc(-c3ccccc3)cc2)cc1OC. The molecular weight excluding hydrogens is 588 g/mol. The fourth-order valence-electron chi connectivity index (χ4n) is 6.09. The van der Waals surface area contributed by atoms with Crippen molar-refractivity contribution in [1.29, 1.82) is 0 Å². The fourth-order valence-corrected chi connectivity index (χ4v) is 6.09. The monoisotopic (exact) mass is 624 g/mol. The lowest BCUT2D eigenvalue weighted by atomic mass is 10.0. The van der Waals surface area contributed by atoms with Crippen molar-refractivity contribution >= 4 is 34.1 Å². The summed E-state index contributed by atoms with van der Waals surface area (Å²) in [7, 11) is 3.36. The van der Waals surface area contributed by atoms with E-state index in [1.165, 1.54) is 11.1 Å². The molecule has 0 amide bonds. The van der Waals surface area contributed by atoms with Gasteiger partial charge in [0, 0.05) is 34.9 Å². The summed E-state index contributed by atoms with van der Waals surface area (Å²) < 4.78 is 11.8. The van der Waals surface area contributed by atoms with Gasteiger partial charge in [-0.2, -0.15) is 0 Å². The second-order valence-corrected chi connectivity index (χ2v) is 11.4. The Balaban J connectivity index is 1.46. The van der Waals surface area contributed by atoms with Gasteiger partial charge in [0.25, 0.3) is 0 Å². The van der Waals surface area contributed by atoms with Gasteiger partial charge >= 0.3 is 0 Å². The summed E-state index contributed by atoms with van der Waals surface area (Å²) in [5, 5.41) is 0.